The van der Waals surface area contributed by atoms with Crippen molar-refractivity contribution in [1.82, 2.24) is 20.0 Å². The lowest BCUT2D eigenvalue weighted by atomic mass is 9.94. The molecule has 1 fully saturated rings. The molecule has 0 spiro atoms. The van der Waals surface area contributed by atoms with Crippen molar-refractivity contribution in [1.29, 1.82) is 0 Å². The first kappa shape index (κ1) is 17.8. The number of carbonyl (C=O) groups excluding carboxylic acids is 2. The van der Waals surface area contributed by atoms with E-state index in [-0.39, 0.29) is 17.7 Å². The largest absolute Gasteiger partial charge is 0.345 e. The van der Waals surface area contributed by atoms with Gasteiger partial charge in [0.1, 0.15) is 6.04 Å². The van der Waals surface area contributed by atoms with Gasteiger partial charge in [-0.15, -0.1) is 0 Å². The maximum absolute atomic E-state index is 12.8. The highest BCUT2D eigenvalue weighted by Gasteiger charge is 2.30. The van der Waals surface area contributed by atoms with Crippen LogP contribution in [0.4, 0.5) is 0 Å². The number of likely N-dealkylation sites (tertiary alicyclic amines) is 1. The number of amides is 2. The van der Waals surface area contributed by atoms with Crippen LogP contribution in [0.25, 0.3) is 0 Å². The lowest BCUT2D eigenvalue weighted by Gasteiger charge is -2.34. The quantitative estimate of drug-likeness (QED) is 0.851. The zero-order chi connectivity index (χ0) is 16.8. The van der Waals surface area contributed by atoms with Crippen LogP contribution in [-0.4, -0.2) is 57.6 Å². The molecular formula is C16H26N4O2S. The van der Waals surface area contributed by atoms with Crippen LogP contribution in [-0.2, 0) is 16.6 Å². The van der Waals surface area contributed by atoms with Crippen LogP contribution in [0.5, 0.6) is 0 Å². The molecule has 0 aliphatic carbocycles. The Balaban J connectivity index is 2.02. The van der Waals surface area contributed by atoms with E-state index in [0.29, 0.717) is 13.0 Å². The molecular weight excluding hydrogens is 312 g/mol. The molecule has 0 saturated carbocycles. The van der Waals surface area contributed by atoms with Gasteiger partial charge in [-0.05, 0) is 37.3 Å². The zero-order valence-electron chi connectivity index (χ0n) is 14.1. The number of aromatic nitrogens is 2. The first-order valence-electron chi connectivity index (χ1n) is 8.05. The summed E-state index contributed by atoms with van der Waals surface area (Å²) in [5.41, 5.74) is 1.05. The number of thioether (sulfide) groups is 1. The highest BCUT2D eigenvalue weighted by molar-refractivity contribution is 7.98. The lowest BCUT2D eigenvalue weighted by molar-refractivity contribution is -0.137. The maximum atomic E-state index is 12.8. The van der Waals surface area contributed by atoms with Gasteiger partial charge in [-0.2, -0.15) is 16.9 Å². The first-order chi connectivity index (χ1) is 11.0. The molecule has 6 nitrogen and oxygen atoms in total. The molecule has 0 aromatic carbocycles. The summed E-state index contributed by atoms with van der Waals surface area (Å²) < 4.78 is 1.80. The molecule has 2 atom stereocenters. The van der Waals surface area contributed by atoms with Crippen molar-refractivity contribution in [2.24, 2.45) is 7.05 Å². The summed E-state index contributed by atoms with van der Waals surface area (Å²) in [7, 11) is 1.91. The van der Waals surface area contributed by atoms with E-state index < -0.39 is 6.04 Å². The standard InChI is InChI=1S/C16H26N4O2S/c1-12(21)17-15(7-10-23-3)16(22)20-8-4-5-13(11-20)14-6-9-19(2)18-14/h6,9,13,15H,4-5,7-8,10-11H2,1-3H3,(H,17,21)/t13-,15+/m0/s1. The van der Waals surface area contributed by atoms with E-state index in [4.69, 9.17) is 0 Å². The van der Waals surface area contributed by atoms with E-state index in [1.807, 2.05) is 30.5 Å². The number of nitrogens with zero attached hydrogens (tertiary/aromatic N) is 3. The number of piperidine rings is 1. The van der Waals surface area contributed by atoms with Crippen LogP contribution >= 0.6 is 11.8 Å². The number of aryl methyl sites for hydroxylation is 1. The Hall–Kier alpha value is -1.50. The van der Waals surface area contributed by atoms with Gasteiger partial charge >= 0.3 is 0 Å². The van der Waals surface area contributed by atoms with E-state index in [0.717, 1.165) is 30.8 Å². The molecule has 2 heterocycles. The minimum absolute atomic E-state index is 0.0369. The van der Waals surface area contributed by atoms with E-state index in [1.165, 1.54) is 6.92 Å². The van der Waals surface area contributed by atoms with Crippen LogP contribution < -0.4 is 5.32 Å². The van der Waals surface area contributed by atoms with Gasteiger partial charge in [0.15, 0.2) is 0 Å². The monoisotopic (exact) mass is 338 g/mol. The molecule has 7 heteroatoms. The van der Waals surface area contributed by atoms with Crippen LogP contribution in [0.1, 0.15) is 37.8 Å². The molecule has 1 aliphatic rings. The Morgan fingerprint density at radius 3 is 2.91 bits per heavy atom. The van der Waals surface area contributed by atoms with Gasteiger partial charge in [-0.1, -0.05) is 0 Å². The Morgan fingerprint density at radius 2 is 2.30 bits per heavy atom. The van der Waals surface area contributed by atoms with Gasteiger partial charge < -0.3 is 10.2 Å². The lowest BCUT2D eigenvalue weighted by Crippen LogP contribution is -2.50. The molecule has 1 aromatic rings. The van der Waals surface area contributed by atoms with Crippen LogP contribution in [0.3, 0.4) is 0 Å². The van der Waals surface area contributed by atoms with Crippen LogP contribution in [0.15, 0.2) is 12.3 Å². The van der Waals surface area contributed by atoms with Crippen molar-refractivity contribution in [3.05, 3.63) is 18.0 Å². The average Bonchev–Trinajstić information content (AvgIpc) is 2.97. The SMILES string of the molecule is CSCC[C@@H](NC(C)=O)C(=O)N1CCC[C@H](c2ccn(C)n2)C1. The smallest absolute Gasteiger partial charge is 0.245 e. The molecule has 2 rings (SSSR count). The molecule has 2 amide bonds. The minimum Gasteiger partial charge on any atom is -0.345 e. The summed E-state index contributed by atoms with van der Waals surface area (Å²) in [6, 6.07) is 1.61. The highest BCUT2D eigenvalue weighted by Crippen LogP contribution is 2.26. The number of rotatable bonds is 6. The van der Waals surface area contributed by atoms with Gasteiger partial charge in [0.25, 0.3) is 0 Å². The topological polar surface area (TPSA) is 67.2 Å². The summed E-state index contributed by atoms with van der Waals surface area (Å²) >= 11 is 1.69. The Labute approximate surface area is 142 Å². The molecule has 0 unspecified atom stereocenters. The van der Waals surface area contributed by atoms with Gasteiger partial charge in [0.05, 0.1) is 5.69 Å². The summed E-state index contributed by atoms with van der Waals surface area (Å²) in [4.78, 5) is 26.1. The summed E-state index contributed by atoms with van der Waals surface area (Å²) in [6.07, 6.45) is 6.64. The van der Waals surface area contributed by atoms with E-state index in [1.54, 1.807) is 16.4 Å². The second-order valence-electron chi connectivity index (χ2n) is 6.07. The van der Waals surface area contributed by atoms with Crippen LogP contribution in [0.2, 0.25) is 0 Å². The summed E-state index contributed by atoms with van der Waals surface area (Å²) in [5.74, 6) is 1.03. The van der Waals surface area contributed by atoms with Gasteiger partial charge in [0, 0.05) is 39.2 Å². The Bertz CT molecular complexity index is 546. The van der Waals surface area contributed by atoms with Crippen molar-refractivity contribution in [3.63, 3.8) is 0 Å². The predicted molar refractivity (Wildman–Crippen MR) is 92.4 cm³/mol. The van der Waals surface area contributed by atoms with E-state index in [9.17, 15) is 9.59 Å². The van der Waals surface area contributed by atoms with Crippen LogP contribution in [0, 0.1) is 0 Å². The summed E-state index contributed by atoms with van der Waals surface area (Å²) in [6.45, 7) is 2.91. The van der Waals surface area contributed by atoms with Crippen molar-refractivity contribution in [3.8, 4) is 0 Å². The molecule has 1 saturated heterocycles. The highest BCUT2D eigenvalue weighted by atomic mass is 32.2. The third-order valence-electron chi connectivity index (χ3n) is 4.17. The average molecular weight is 338 g/mol. The van der Waals surface area contributed by atoms with E-state index >= 15 is 0 Å². The third kappa shape index (κ3) is 4.99. The van der Waals surface area contributed by atoms with Crippen molar-refractivity contribution >= 4 is 23.6 Å². The van der Waals surface area contributed by atoms with Gasteiger partial charge in [-0.25, -0.2) is 0 Å². The molecule has 128 valence electrons. The van der Waals surface area contributed by atoms with E-state index in [2.05, 4.69) is 10.4 Å². The molecule has 0 bridgehead atoms. The number of nitrogens with one attached hydrogen (secondary N) is 1. The molecule has 0 radical (unpaired) electrons. The molecule has 1 N–H and O–H groups in total. The summed E-state index contributed by atoms with van der Waals surface area (Å²) in [5, 5.41) is 7.28. The first-order valence-corrected chi connectivity index (χ1v) is 9.45. The van der Waals surface area contributed by atoms with Gasteiger partial charge in [-0.3, -0.25) is 14.3 Å². The van der Waals surface area contributed by atoms with Crippen molar-refractivity contribution < 1.29 is 9.59 Å². The second kappa shape index (κ2) is 8.38. The van der Waals surface area contributed by atoms with Crippen molar-refractivity contribution in [2.75, 3.05) is 25.1 Å². The molecule has 23 heavy (non-hydrogen) atoms. The molecule has 1 aromatic heterocycles. The normalized spacial score (nSPS) is 19.4. The molecule has 1 aliphatic heterocycles. The fourth-order valence-corrected chi connectivity index (χ4v) is 3.50. The number of hydrogen-bond acceptors (Lipinski definition) is 4. The van der Waals surface area contributed by atoms with Crippen molar-refractivity contribution in [2.45, 2.75) is 38.1 Å². The minimum atomic E-state index is -0.414. The Kier molecular flexibility index (Phi) is 6.50. The number of hydrogen-bond donors (Lipinski definition) is 1. The zero-order valence-corrected chi connectivity index (χ0v) is 14.9. The fourth-order valence-electron chi connectivity index (χ4n) is 3.03. The van der Waals surface area contributed by atoms with Gasteiger partial charge in [0.2, 0.25) is 11.8 Å². The second-order valence-corrected chi connectivity index (χ2v) is 7.06. The number of carbonyl (C=O) groups is 2. The fraction of sp³-hybridized carbons (Fsp3) is 0.688. The Morgan fingerprint density at radius 1 is 1.52 bits per heavy atom. The maximum Gasteiger partial charge on any atom is 0.245 e. The third-order valence-corrected chi connectivity index (χ3v) is 4.82. The predicted octanol–water partition coefficient (Wildman–Crippen LogP) is 1.38.